The van der Waals surface area contributed by atoms with E-state index < -0.39 is 10.0 Å². The molecule has 0 atom stereocenters. The van der Waals surface area contributed by atoms with Gasteiger partial charge in [0.2, 0.25) is 10.0 Å². The fourth-order valence-corrected chi connectivity index (χ4v) is 3.79. The predicted octanol–water partition coefficient (Wildman–Crippen LogP) is 5.16. The van der Waals surface area contributed by atoms with Crippen LogP contribution in [0.4, 0.5) is 17.1 Å². The Bertz CT molecular complexity index is 1010. The van der Waals surface area contributed by atoms with E-state index in [2.05, 4.69) is 26.6 Å². The maximum Gasteiger partial charge on any atom is 0.240 e. The fourth-order valence-electron chi connectivity index (χ4n) is 2.70. The second-order valence-corrected chi connectivity index (χ2v) is 8.12. The lowest BCUT2D eigenvalue weighted by molar-refractivity contribution is 0.598. The molecule has 0 radical (unpaired) electrons. The number of hydrogen-bond donors (Lipinski definition) is 3. The zero-order chi connectivity index (χ0) is 19.3. The Labute approximate surface area is 184 Å². The molecule has 0 aliphatic rings. The smallest absolute Gasteiger partial charge is 0.240 e. The first kappa shape index (κ1) is 22.4. The standard InChI is InChI=1S/C20H20BrN3O2S.BrH/c21-13-16-11-18(23-14-15-7-3-1-4-8-15)20(19(12-16)27(22,25)26)24-17-9-5-2-6-10-17;/h1-12,23-24H,13-14H2,(H2,22,25,26);1H. The normalized spacial score (nSPS) is 10.8. The zero-order valence-corrected chi connectivity index (χ0v) is 19.0. The number of hydrogen-bond acceptors (Lipinski definition) is 4. The van der Waals surface area contributed by atoms with Gasteiger partial charge in [0, 0.05) is 17.6 Å². The van der Waals surface area contributed by atoms with Crippen molar-refractivity contribution in [3.05, 3.63) is 83.9 Å². The monoisotopic (exact) mass is 525 g/mol. The Morgan fingerprint density at radius 3 is 2.07 bits per heavy atom. The summed E-state index contributed by atoms with van der Waals surface area (Å²) in [5.74, 6) is 0. The van der Waals surface area contributed by atoms with Crippen LogP contribution in [-0.4, -0.2) is 8.42 Å². The highest BCUT2D eigenvalue weighted by molar-refractivity contribution is 9.08. The first-order valence-electron chi connectivity index (χ1n) is 8.33. The number of nitrogens with one attached hydrogen (secondary N) is 2. The van der Waals surface area contributed by atoms with E-state index >= 15 is 0 Å². The Morgan fingerprint density at radius 1 is 0.893 bits per heavy atom. The molecule has 0 unspecified atom stereocenters. The summed E-state index contributed by atoms with van der Waals surface area (Å²) in [4.78, 5) is 0.0545. The van der Waals surface area contributed by atoms with E-state index in [0.717, 1.165) is 16.8 Å². The highest BCUT2D eigenvalue weighted by atomic mass is 79.9. The molecule has 3 aromatic carbocycles. The third-order valence-electron chi connectivity index (χ3n) is 3.99. The molecule has 0 spiro atoms. The van der Waals surface area contributed by atoms with Crippen LogP contribution in [0.2, 0.25) is 0 Å². The van der Waals surface area contributed by atoms with E-state index in [9.17, 15) is 8.42 Å². The summed E-state index contributed by atoms with van der Waals surface area (Å²) in [7, 11) is -3.91. The average Bonchev–Trinajstić information content (AvgIpc) is 2.67. The molecule has 0 amide bonds. The van der Waals surface area contributed by atoms with Crippen LogP contribution < -0.4 is 15.8 Å². The van der Waals surface area contributed by atoms with Crippen molar-refractivity contribution in [1.29, 1.82) is 0 Å². The van der Waals surface area contributed by atoms with Gasteiger partial charge in [0.05, 0.1) is 11.4 Å². The van der Waals surface area contributed by atoms with Crippen molar-refractivity contribution in [2.45, 2.75) is 16.8 Å². The molecule has 0 fully saturated rings. The van der Waals surface area contributed by atoms with E-state index in [1.165, 1.54) is 0 Å². The molecule has 4 N–H and O–H groups in total. The topological polar surface area (TPSA) is 84.2 Å². The van der Waals surface area contributed by atoms with Gasteiger partial charge in [0.1, 0.15) is 4.90 Å². The van der Waals surface area contributed by atoms with E-state index in [-0.39, 0.29) is 21.9 Å². The van der Waals surface area contributed by atoms with Crippen LogP contribution in [0, 0.1) is 0 Å². The SMILES string of the molecule is Br.NS(=O)(=O)c1cc(CBr)cc(NCc2ccccc2)c1Nc1ccccc1. The first-order valence-corrected chi connectivity index (χ1v) is 11.0. The number of para-hydroxylation sites is 1. The number of nitrogens with two attached hydrogens (primary N) is 1. The molecule has 3 aromatic rings. The number of benzene rings is 3. The highest BCUT2D eigenvalue weighted by Gasteiger charge is 2.19. The summed E-state index contributed by atoms with van der Waals surface area (Å²) in [6, 6.07) is 22.8. The number of sulfonamides is 1. The van der Waals surface area contributed by atoms with Gasteiger partial charge in [-0.3, -0.25) is 0 Å². The summed E-state index contributed by atoms with van der Waals surface area (Å²) in [6.45, 7) is 0.556. The van der Waals surface area contributed by atoms with Crippen molar-refractivity contribution in [1.82, 2.24) is 0 Å². The molecule has 0 aromatic heterocycles. The Balaban J connectivity index is 0.00000280. The van der Waals surface area contributed by atoms with Crippen LogP contribution in [-0.2, 0) is 21.9 Å². The van der Waals surface area contributed by atoms with Crippen molar-refractivity contribution in [2.24, 2.45) is 5.14 Å². The van der Waals surface area contributed by atoms with Crippen molar-refractivity contribution >= 4 is 60.0 Å². The summed E-state index contributed by atoms with van der Waals surface area (Å²) in [6.07, 6.45) is 0. The van der Waals surface area contributed by atoms with Crippen LogP contribution in [0.25, 0.3) is 0 Å². The number of primary sulfonamides is 1. The minimum Gasteiger partial charge on any atom is -0.379 e. The van der Waals surface area contributed by atoms with Gasteiger partial charge in [0.25, 0.3) is 0 Å². The molecule has 148 valence electrons. The minimum absolute atomic E-state index is 0. The average molecular weight is 527 g/mol. The van der Waals surface area contributed by atoms with Crippen molar-refractivity contribution in [3.63, 3.8) is 0 Å². The van der Waals surface area contributed by atoms with Crippen LogP contribution in [0.5, 0.6) is 0 Å². The van der Waals surface area contributed by atoms with Gasteiger partial charge in [-0.2, -0.15) is 0 Å². The summed E-state index contributed by atoms with van der Waals surface area (Å²) in [5, 5.41) is 12.5. The van der Waals surface area contributed by atoms with Crippen molar-refractivity contribution in [2.75, 3.05) is 10.6 Å². The van der Waals surface area contributed by atoms with Crippen LogP contribution >= 0.6 is 32.9 Å². The van der Waals surface area contributed by atoms with E-state index in [1.54, 1.807) is 6.07 Å². The number of anilines is 3. The predicted molar refractivity (Wildman–Crippen MR) is 124 cm³/mol. The van der Waals surface area contributed by atoms with Gasteiger partial charge in [-0.25, -0.2) is 13.6 Å². The van der Waals surface area contributed by atoms with Crippen LogP contribution in [0.15, 0.2) is 77.7 Å². The van der Waals surface area contributed by atoms with Crippen LogP contribution in [0.1, 0.15) is 11.1 Å². The lowest BCUT2D eigenvalue weighted by Crippen LogP contribution is -2.16. The lowest BCUT2D eigenvalue weighted by atomic mass is 10.1. The lowest BCUT2D eigenvalue weighted by Gasteiger charge is -2.19. The third-order valence-corrected chi connectivity index (χ3v) is 5.57. The minimum atomic E-state index is -3.91. The maximum absolute atomic E-state index is 12.2. The zero-order valence-electron chi connectivity index (χ0n) is 14.9. The van der Waals surface area contributed by atoms with Gasteiger partial charge < -0.3 is 10.6 Å². The molecule has 3 rings (SSSR count). The Kier molecular flexibility index (Phi) is 8.06. The number of halogens is 2. The Morgan fingerprint density at radius 2 is 1.50 bits per heavy atom. The van der Waals surface area contributed by atoms with Gasteiger partial charge in [-0.05, 0) is 35.4 Å². The first-order chi connectivity index (χ1) is 13.0. The van der Waals surface area contributed by atoms with Crippen LogP contribution in [0.3, 0.4) is 0 Å². The van der Waals surface area contributed by atoms with Gasteiger partial charge in [-0.1, -0.05) is 64.5 Å². The quantitative estimate of drug-likeness (QED) is 0.371. The fraction of sp³-hybridized carbons (Fsp3) is 0.100. The summed E-state index contributed by atoms with van der Waals surface area (Å²) >= 11 is 3.40. The molecular weight excluding hydrogens is 506 g/mol. The van der Waals surface area contributed by atoms with Crippen molar-refractivity contribution < 1.29 is 8.42 Å². The molecule has 0 saturated carbocycles. The second kappa shape index (κ2) is 10.1. The van der Waals surface area contributed by atoms with Gasteiger partial charge in [-0.15, -0.1) is 17.0 Å². The molecular formula is C20H21Br2N3O2S. The highest BCUT2D eigenvalue weighted by Crippen LogP contribution is 2.34. The maximum atomic E-state index is 12.2. The summed E-state index contributed by atoms with van der Waals surface area (Å²) in [5.41, 5.74) is 3.78. The molecule has 0 bridgehead atoms. The summed E-state index contributed by atoms with van der Waals surface area (Å²) < 4.78 is 24.5. The van der Waals surface area contributed by atoms with E-state index in [1.807, 2.05) is 66.7 Å². The van der Waals surface area contributed by atoms with Gasteiger partial charge >= 0.3 is 0 Å². The van der Waals surface area contributed by atoms with E-state index in [4.69, 9.17) is 5.14 Å². The second-order valence-electron chi connectivity index (χ2n) is 6.03. The third kappa shape index (κ3) is 5.81. The Hall–Kier alpha value is -1.87. The number of rotatable bonds is 7. The molecule has 0 saturated heterocycles. The molecule has 5 nitrogen and oxygen atoms in total. The molecule has 8 heteroatoms. The van der Waals surface area contributed by atoms with Crippen molar-refractivity contribution in [3.8, 4) is 0 Å². The van der Waals surface area contributed by atoms with E-state index in [0.29, 0.717) is 23.2 Å². The number of alkyl halides is 1. The largest absolute Gasteiger partial charge is 0.379 e. The molecule has 0 aliphatic carbocycles. The molecule has 0 heterocycles. The molecule has 0 aliphatic heterocycles. The van der Waals surface area contributed by atoms with Gasteiger partial charge in [0.15, 0.2) is 0 Å². The molecule has 28 heavy (non-hydrogen) atoms.